The summed E-state index contributed by atoms with van der Waals surface area (Å²) in [5.41, 5.74) is 12.5. The summed E-state index contributed by atoms with van der Waals surface area (Å²) in [4.78, 5) is 0. The van der Waals surface area contributed by atoms with Crippen molar-refractivity contribution < 1.29 is 9.47 Å². The number of rotatable bonds is 7. The second kappa shape index (κ2) is 15.2. The average Bonchev–Trinajstić information content (AvgIpc) is 3.84. The highest BCUT2D eigenvalue weighted by Gasteiger charge is 2.21. The molecular weight excluding hydrogens is 813 g/mol. The standard InChI is InChI=1S/C57H36O2S3/c60-34-42-29-28-41(36-20-24-38(25-21-36)44-11-6-13-48-46-9-2-4-17-55(46)62-57(44)48)33-53(42)59-51-15-7-14-50-49(51)31-30-39-26-27-40(32-52(39)58-50)35-18-22-37(23-19-35)43-10-5-12-47-45-8-1-3-16-54(45)61-56(43)47/h1-29,32-34H,30-31H2. The van der Waals surface area contributed by atoms with Gasteiger partial charge in [-0.25, -0.2) is 0 Å². The van der Waals surface area contributed by atoms with Crippen LogP contribution in [0, 0.1) is 0 Å². The van der Waals surface area contributed by atoms with E-state index in [1.807, 2.05) is 40.9 Å². The first-order valence-electron chi connectivity index (χ1n) is 20.9. The lowest BCUT2D eigenvalue weighted by atomic mass is 9.97. The summed E-state index contributed by atoms with van der Waals surface area (Å²) in [6.45, 7) is 0. The highest BCUT2D eigenvalue weighted by Crippen LogP contribution is 2.44. The molecule has 2 nitrogen and oxygen atoms in total. The molecule has 0 N–H and O–H groups in total. The van der Waals surface area contributed by atoms with Crippen LogP contribution in [0.1, 0.15) is 16.7 Å². The smallest absolute Gasteiger partial charge is 0.136 e. The van der Waals surface area contributed by atoms with Crippen molar-refractivity contribution in [3.8, 4) is 67.5 Å². The number of hydrogen-bond acceptors (Lipinski definition) is 5. The fourth-order valence-corrected chi connectivity index (χ4v) is 11.7. The second-order valence-electron chi connectivity index (χ2n) is 15.8. The van der Waals surface area contributed by atoms with Crippen molar-refractivity contribution in [3.63, 3.8) is 0 Å². The van der Waals surface area contributed by atoms with E-state index in [1.165, 1.54) is 68.2 Å². The van der Waals surface area contributed by atoms with E-state index in [1.54, 1.807) is 5.37 Å². The predicted molar refractivity (Wildman–Crippen MR) is 267 cm³/mol. The molecule has 0 atom stereocenters. The lowest BCUT2D eigenvalue weighted by Crippen LogP contribution is -1.97. The lowest BCUT2D eigenvalue weighted by molar-refractivity contribution is 0.454. The van der Waals surface area contributed by atoms with E-state index >= 15 is 0 Å². The van der Waals surface area contributed by atoms with Crippen LogP contribution in [0.2, 0.25) is 0 Å². The van der Waals surface area contributed by atoms with Gasteiger partial charge in [0.15, 0.2) is 0 Å². The Kier molecular flexibility index (Phi) is 9.07. The monoisotopic (exact) mass is 848 g/mol. The molecule has 0 unspecified atom stereocenters. The quantitative estimate of drug-likeness (QED) is 0.149. The van der Waals surface area contributed by atoms with E-state index in [2.05, 4.69) is 170 Å². The summed E-state index contributed by atoms with van der Waals surface area (Å²) in [5, 5.41) is 6.95. The van der Waals surface area contributed by atoms with Gasteiger partial charge in [-0.05, 0) is 105 Å². The zero-order chi connectivity index (χ0) is 41.1. The van der Waals surface area contributed by atoms with E-state index in [0.29, 0.717) is 0 Å². The van der Waals surface area contributed by atoms with Crippen LogP contribution < -0.4 is 9.47 Å². The van der Waals surface area contributed by atoms with Crippen molar-refractivity contribution in [2.75, 3.05) is 0 Å². The fourth-order valence-electron chi connectivity index (χ4n) is 9.05. The first kappa shape index (κ1) is 36.9. The summed E-state index contributed by atoms with van der Waals surface area (Å²) in [6, 6.07) is 67.4. The minimum Gasteiger partial charge on any atom is -0.457 e. The summed E-state index contributed by atoms with van der Waals surface area (Å²) in [7, 11) is 0. The van der Waals surface area contributed by atoms with Gasteiger partial charge in [0.2, 0.25) is 0 Å². The Morgan fingerprint density at radius 1 is 0.435 bits per heavy atom. The van der Waals surface area contributed by atoms with Gasteiger partial charge in [0, 0.05) is 56.8 Å². The maximum atomic E-state index is 6.79. The van der Waals surface area contributed by atoms with Gasteiger partial charge >= 0.3 is 0 Å². The molecule has 12 rings (SSSR count). The molecule has 9 aromatic carbocycles. The zero-order valence-corrected chi connectivity index (χ0v) is 35.9. The summed E-state index contributed by atoms with van der Waals surface area (Å²) < 4.78 is 18.8. The van der Waals surface area contributed by atoms with Gasteiger partial charge < -0.3 is 9.47 Å². The third kappa shape index (κ3) is 6.40. The minimum atomic E-state index is 0.723. The van der Waals surface area contributed by atoms with Crippen LogP contribution >= 0.6 is 34.9 Å². The van der Waals surface area contributed by atoms with E-state index in [4.69, 9.17) is 21.7 Å². The molecule has 0 bridgehead atoms. The highest BCUT2D eigenvalue weighted by molar-refractivity contribution is 7.79. The number of benzene rings is 9. The molecule has 0 aliphatic carbocycles. The second-order valence-corrected chi connectivity index (χ2v) is 18.2. The molecule has 11 aromatic rings. The Bertz CT molecular complexity index is 3540. The van der Waals surface area contributed by atoms with E-state index in [0.717, 1.165) is 69.2 Å². The normalized spacial score (nSPS) is 12.3. The van der Waals surface area contributed by atoms with Crippen LogP contribution in [0.15, 0.2) is 188 Å². The Hall–Kier alpha value is -6.89. The first-order chi connectivity index (χ1) is 30.6. The number of thiocarbonyl (C=S) groups is 1. The van der Waals surface area contributed by atoms with Crippen molar-refractivity contribution in [3.05, 3.63) is 205 Å². The molecular formula is C57H36O2S3. The molecule has 3 heterocycles. The maximum absolute atomic E-state index is 6.79. The van der Waals surface area contributed by atoms with E-state index in [9.17, 15) is 0 Å². The number of thiophene rings is 2. The molecule has 1 aliphatic rings. The van der Waals surface area contributed by atoms with Gasteiger partial charge in [0.25, 0.3) is 0 Å². The van der Waals surface area contributed by atoms with Crippen LogP contribution in [-0.4, -0.2) is 5.37 Å². The van der Waals surface area contributed by atoms with E-state index in [-0.39, 0.29) is 0 Å². The number of hydrogen-bond donors (Lipinski definition) is 0. The number of fused-ring (bicyclic) bond motifs is 8. The molecule has 1 aliphatic heterocycles. The third-order valence-electron chi connectivity index (χ3n) is 12.2. The molecule has 0 amide bonds. The van der Waals surface area contributed by atoms with Crippen LogP contribution in [0.5, 0.6) is 23.0 Å². The zero-order valence-electron chi connectivity index (χ0n) is 33.4. The Labute approximate surface area is 372 Å². The fraction of sp³-hybridized carbons (Fsp3) is 0.0351. The van der Waals surface area contributed by atoms with Crippen LogP contribution in [-0.2, 0) is 12.8 Å². The van der Waals surface area contributed by atoms with Gasteiger partial charge in [0.05, 0.1) is 0 Å². The van der Waals surface area contributed by atoms with Crippen molar-refractivity contribution in [1.82, 2.24) is 0 Å². The van der Waals surface area contributed by atoms with Gasteiger partial charge in [0.1, 0.15) is 23.0 Å². The molecule has 62 heavy (non-hydrogen) atoms. The molecule has 0 spiro atoms. The highest BCUT2D eigenvalue weighted by atomic mass is 32.1. The Morgan fingerprint density at radius 2 is 0.968 bits per heavy atom. The molecule has 0 fully saturated rings. The van der Waals surface area contributed by atoms with Crippen molar-refractivity contribution >= 4 is 80.6 Å². The third-order valence-corrected chi connectivity index (χ3v) is 14.9. The van der Waals surface area contributed by atoms with Crippen molar-refractivity contribution in [2.45, 2.75) is 12.8 Å². The van der Waals surface area contributed by atoms with Crippen molar-refractivity contribution in [1.29, 1.82) is 0 Å². The molecule has 0 radical (unpaired) electrons. The number of aryl methyl sites for hydroxylation is 1. The van der Waals surface area contributed by atoms with Gasteiger partial charge in [-0.3, -0.25) is 0 Å². The topological polar surface area (TPSA) is 18.5 Å². The first-order valence-corrected chi connectivity index (χ1v) is 23.0. The van der Waals surface area contributed by atoms with Crippen LogP contribution in [0.4, 0.5) is 0 Å². The summed E-state index contributed by atoms with van der Waals surface area (Å²) in [6.07, 6.45) is 1.62. The SMILES string of the molecule is S=Cc1ccc(-c2ccc(-c3cccc4c3sc3ccccc34)cc2)cc1Oc1cccc2c1CCc1ccc(-c3ccc(-c4cccc5c4sc4ccccc45)cc3)cc1O2. The van der Waals surface area contributed by atoms with Gasteiger partial charge in [-0.1, -0.05) is 158 Å². The molecule has 294 valence electrons. The summed E-state index contributed by atoms with van der Waals surface area (Å²) in [5.74, 6) is 3.20. The maximum Gasteiger partial charge on any atom is 0.136 e. The number of ether oxygens (including phenoxy) is 2. The average molecular weight is 849 g/mol. The lowest BCUT2D eigenvalue weighted by Gasteiger charge is -2.16. The minimum absolute atomic E-state index is 0.723. The largest absolute Gasteiger partial charge is 0.457 e. The predicted octanol–water partition coefficient (Wildman–Crippen LogP) is 17.1. The van der Waals surface area contributed by atoms with E-state index < -0.39 is 0 Å². The molecule has 0 saturated carbocycles. The van der Waals surface area contributed by atoms with Crippen LogP contribution in [0.25, 0.3) is 84.9 Å². The molecule has 5 heteroatoms. The van der Waals surface area contributed by atoms with Gasteiger partial charge in [-0.15, -0.1) is 22.7 Å². The molecule has 2 aromatic heterocycles. The van der Waals surface area contributed by atoms with Crippen LogP contribution in [0.3, 0.4) is 0 Å². The Balaban J connectivity index is 0.806. The van der Waals surface area contributed by atoms with Gasteiger partial charge in [-0.2, -0.15) is 0 Å². The Morgan fingerprint density at radius 3 is 1.60 bits per heavy atom. The van der Waals surface area contributed by atoms with Crippen molar-refractivity contribution in [2.24, 2.45) is 0 Å². The molecule has 0 saturated heterocycles. The summed E-state index contributed by atoms with van der Waals surface area (Å²) >= 11 is 9.22.